The largest absolute Gasteiger partial charge is 0.330 e. The van der Waals surface area contributed by atoms with Crippen molar-refractivity contribution in [2.75, 3.05) is 13.1 Å². The first-order valence-electron chi connectivity index (χ1n) is 7.08. The van der Waals surface area contributed by atoms with Gasteiger partial charge >= 0.3 is 0 Å². The molecule has 1 saturated carbocycles. The maximum atomic E-state index is 12.4. The number of nitriles is 1. The summed E-state index contributed by atoms with van der Waals surface area (Å²) in [6.07, 6.45) is 3.68. The minimum atomic E-state index is -0.0124. The normalized spacial score (nSPS) is 16.0. The van der Waals surface area contributed by atoms with E-state index in [2.05, 4.69) is 6.07 Å². The van der Waals surface area contributed by atoms with Crippen molar-refractivity contribution in [1.82, 2.24) is 4.90 Å². The molecule has 4 nitrogen and oxygen atoms in total. The number of hydrogen-bond donors (Lipinski definition) is 1. The zero-order valence-electron chi connectivity index (χ0n) is 11.7. The second kappa shape index (κ2) is 6.53. The van der Waals surface area contributed by atoms with Gasteiger partial charge in [-0.3, -0.25) is 4.79 Å². The molecule has 0 saturated heterocycles. The molecule has 1 aliphatic rings. The van der Waals surface area contributed by atoms with Crippen LogP contribution in [-0.4, -0.2) is 23.9 Å². The van der Waals surface area contributed by atoms with Gasteiger partial charge in [-0.15, -0.1) is 0 Å². The van der Waals surface area contributed by atoms with Crippen molar-refractivity contribution in [2.45, 2.75) is 32.2 Å². The minimum Gasteiger partial charge on any atom is -0.330 e. The SMILES string of the molecule is N#CCN(Cc1ccccc1)C(=O)CC1(CN)CCC1. The van der Waals surface area contributed by atoms with Crippen LogP contribution in [0.5, 0.6) is 0 Å². The number of rotatable bonds is 6. The topological polar surface area (TPSA) is 70.1 Å². The summed E-state index contributed by atoms with van der Waals surface area (Å²) in [5, 5.41) is 8.92. The van der Waals surface area contributed by atoms with E-state index in [1.54, 1.807) is 4.90 Å². The molecule has 1 fully saturated rings. The molecule has 106 valence electrons. The van der Waals surface area contributed by atoms with Crippen molar-refractivity contribution in [3.05, 3.63) is 35.9 Å². The Bertz CT molecular complexity index is 483. The lowest BCUT2D eigenvalue weighted by atomic mass is 9.66. The van der Waals surface area contributed by atoms with Crippen LogP contribution in [0.15, 0.2) is 30.3 Å². The van der Waals surface area contributed by atoms with Crippen LogP contribution in [0, 0.1) is 16.7 Å². The van der Waals surface area contributed by atoms with E-state index in [-0.39, 0.29) is 17.9 Å². The first kappa shape index (κ1) is 14.5. The zero-order chi connectivity index (χ0) is 14.4. The summed E-state index contributed by atoms with van der Waals surface area (Å²) in [6, 6.07) is 11.9. The Morgan fingerprint density at radius 3 is 2.55 bits per heavy atom. The fraction of sp³-hybridized carbons (Fsp3) is 0.500. The fourth-order valence-corrected chi connectivity index (χ4v) is 2.68. The lowest BCUT2D eigenvalue weighted by Crippen LogP contribution is -2.43. The van der Waals surface area contributed by atoms with E-state index in [0.29, 0.717) is 19.5 Å². The van der Waals surface area contributed by atoms with Gasteiger partial charge in [-0.25, -0.2) is 0 Å². The summed E-state index contributed by atoms with van der Waals surface area (Å²) >= 11 is 0. The van der Waals surface area contributed by atoms with Crippen molar-refractivity contribution in [3.8, 4) is 6.07 Å². The van der Waals surface area contributed by atoms with Crippen molar-refractivity contribution in [2.24, 2.45) is 11.1 Å². The molecule has 0 aliphatic heterocycles. The smallest absolute Gasteiger partial charge is 0.224 e. The molecule has 20 heavy (non-hydrogen) atoms. The van der Waals surface area contributed by atoms with Crippen molar-refractivity contribution in [1.29, 1.82) is 5.26 Å². The standard InChI is InChI=1S/C16H21N3O/c17-9-10-19(12-14-5-2-1-3-6-14)15(20)11-16(13-18)7-4-8-16/h1-3,5-6H,4,7-8,10-13,18H2. The number of benzene rings is 1. The van der Waals surface area contributed by atoms with E-state index < -0.39 is 0 Å². The summed E-state index contributed by atoms with van der Waals surface area (Å²) in [7, 11) is 0. The van der Waals surface area contributed by atoms with Gasteiger partial charge in [0.2, 0.25) is 5.91 Å². The Hall–Kier alpha value is -1.86. The molecule has 1 aliphatic carbocycles. The molecule has 1 amide bonds. The summed E-state index contributed by atoms with van der Waals surface area (Å²) in [5.74, 6) is 0.0422. The number of hydrogen-bond acceptors (Lipinski definition) is 3. The van der Waals surface area contributed by atoms with Crippen LogP contribution >= 0.6 is 0 Å². The third-order valence-corrected chi connectivity index (χ3v) is 4.20. The predicted octanol–water partition coefficient (Wildman–Crippen LogP) is 2.06. The van der Waals surface area contributed by atoms with Crippen molar-refractivity contribution < 1.29 is 4.79 Å². The Morgan fingerprint density at radius 1 is 1.35 bits per heavy atom. The molecule has 0 radical (unpaired) electrons. The molecular formula is C16H21N3O. The second-order valence-corrected chi connectivity index (χ2v) is 5.63. The van der Waals surface area contributed by atoms with Crippen LogP contribution in [0.2, 0.25) is 0 Å². The molecular weight excluding hydrogens is 250 g/mol. The Balaban J connectivity index is 2.01. The molecule has 0 heterocycles. The highest BCUT2D eigenvalue weighted by Crippen LogP contribution is 2.43. The predicted molar refractivity (Wildman–Crippen MR) is 77.4 cm³/mol. The molecule has 0 aromatic heterocycles. The third kappa shape index (κ3) is 3.37. The van der Waals surface area contributed by atoms with Crippen LogP contribution in [-0.2, 0) is 11.3 Å². The highest BCUT2D eigenvalue weighted by Gasteiger charge is 2.38. The van der Waals surface area contributed by atoms with Crippen LogP contribution in [0.4, 0.5) is 0 Å². The summed E-state index contributed by atoms with van der Waals surface area (Å²) in [4.78, 5) is 14.1. The van der Waals surface area contributed by atoms with E-state index in [4.69, 9.17) is 11.0 Å². The third-order valence-electron chi connectivity index (χ3n) is 4.20. The molecule has 1 aromatic rings. The van der Waals surface area contributed by atoms with Crippen LogP contribution in [0.3, 0.4) is 0 Å². The monoisotopic (exact) mass is 271 g/mol. The van der Waals surface area contributed by atoms with E-state index in [1.807, 2.05) is 30.3 Å². The first-order valence-corrected chi connectivity index (χ1v) is 7.08. The molecule has 0 bridgehead atoms. The van der Waals surface area contributed by atoms with E-state index >= 15 is 0 Å². The maximum Gasteiger partial charge on any atom is 0.224 e. The average molecular weight is 271 g/mol. The molecule has 0 unspecified atom stereocenters. The minimum absolute atomic E-state index is 0.0124. The zero-order valence-corrected chi connectivity index (χ0v) is 11.7. The quantitative estimate of drug-likeness (QED) is 0.805. The van der Waals surface area contributed by atoms with E-state index in [1.165, 1.54) is 0 Å². The van der Waals surface area contributed by atoms with Gasteiger partial charge in [0.25, 0.3) is 0 Å². The number of amides is 1. The van der Waals surface area contributed by atoms with Gasteiger partial charge in [0.1, 0.15) is 6.54 Å². The lowest BCUT2D eigenvalue weighted by molar-refractivity contribution is -0.135. The van der Waals surface area contributed by atoms with Gasteiger partial charge in [0.05, 0.1) is 6.07 Å². The molecule has 2 N–H and O–H groups in total. The van der Waals surface area contributed by atoms with Gasteiger partial charge in [-0.1, -0.05) is 36.8 Å². The highest BCUT2D eigenvalue weighted by atomic mass is 16.2. The van der Waals surface area contributed by atoms with E-state index in [0.717, 1.165) is 24.8 Å². The van der Waals surface area contributed by atoms with Gasteiger partial charge in [0.15, 0.2) is 0 Å². The molecule has 0 spiro atoms. The Labute approximate surface area is 120 Å². The molecule has 4 heteroatoms. The van der Waals surface area contributed by atoms with Crippen LogP contribution in [0.25, 0.3) is 0 Å². The lowest BCUT2D eigenvalue weighted by Gasteiger charge is -2.41. The van der Waals surface area contributed by atoms with Gasteiger partial charge in [-0.05, 0) is 30.4 Å². The molecule has 0 atom stereocenters. The van der Waals surface area contributed by atoms with Crippen LogP contribution in [0.1, 0.15) is 31.2 Å². The van der Waals surface area contributed by atoms with Crippen molar-refractivity contribution >= 4 is 5.91 Å². The fourth-order valence-electron chi connectivity index (χ4n) is 2.68. The number of carbonyl (C=O) groups excluding carboxylic acids is 1. The number of nitrogens with zero attached hydrogens (tertiary/aromatic N) is 2. The van der Waals surface area contributed by atoms with Crippen molar-refractivity contribution in [3.63, 3.8) is 0 Å². The average Bonchev–Trinajstić information content (AvgIpc) is 2.43. The Morgan fingerprint density at radius 2 is 2.05 bits per heavy atom. The van der Waals surface area contributed by atoms with E-state index in [9.17, 15) is 4.79 Å². The number of nitrogens with two attached hydrogens (primary N) is 1. The number of carbonyl (C=O) groups is 1. The maximum absolute atomic E-state index is 12.4. The highest BCUT2D eigenvalue weighted by molar-refractivity contribution is 5.77. The molecule has 2 rings (SSSR count). The molecule has 1 aromatic carbocycles. The second-order valence-electron chi connectivity index (χ2n) is 5.63. The van der Waals surface area contributed by atoms with Crippen LogP contribution < -0.4 is 5.73 Å². The van der Waals surface area contributed by atoms with Gasteiger partial charge < -0.3 is 10.6 Å². The summed E-state index contributed by atoms with van der Waals surface area (Å²) in [6.45, 7) is 1.19. The Kier molecular flexibility index (Phi) is 4.75. The summed E-state index contributed by atoms with van der Waals surface area (Å²) < 4.78 is 0. The summed E-state index contributed by atoms with van der Waals surface area (Å²) in [5.41, 5.74) is 6.84. The van der Waals surface area contributed by atoms with Gasteiger partial charge in [0, 0.05) is 13.0 Å². The van der Waals surface area contributed by atoms with Gasteiger partial charge in [-0.2, -0.15) is 5.26 Å². The first-order chi connectivity index (χ1) is 9.69.